The number of carboxylic acid groups (broad SMARTS) is 1. The van der Waals surface area contributed by atoms with Crippen LogP contribution >= 0.6 is 0 Å². The van der Waals surface area contributed by atoms with Crippen LogP contribution in [0.1, 0.15) is 48.0 Å². The molecule has 10 heteroatoms. The van der Waals surface area contributed by atoms with Crippen molar-refractivity contribution in [2.75, 3.05) is 13.1 Å². The lowest BCUT2D eigenvalue weighted by Crippen LogP contribution is -2.48. The van der Waals surface area contributed by atoms with Crippen molar-refractivity contribution in [1.82, 2.24) is 10.6 Å². The predicted octanol–water partition coefficient (Wildman–Crippen LogP) is -0.373. The highest BCUT2D eigenvalue weighted by Crippen LogP contribution is 2.27. The Kier molecular flexibility index (Phi) is 8.90. The number of amides is 1. The molecule has 0 radical (unpaired) electrons. The van der Waals surface area contributed by atoms with E-state index in [9.17, 15) is 24.7 Å². The summed E-state index contributed by atoms with van der Waals surface area (Å²) in [6, 6.07) is 4.62. The summed E-state index contributed by atoms with van der Waals surface area (Å²) in [5.74, 6) is -2.85. The third-order valence-electron chi connectivity index (χ3n) is 5.39. The fourth-order valence-corrected chi connectivity index (χ4v) is 3.78. The topological polar surface area (TPSA) is 165 Å². The molecule has 0 spiro atoms. The standard InChI is InChI=1S/C19H30BN3O6/c21-8-9-22-14-6-4-12(5-7-14)10-17(24)23-16(20(28)29)11-13-2-1-3-15(18(13)25)19(26)27/h1-3,12,14,16,22,25,28-29H,4-11,21H2,(H,23,24)(H,26,27)/t12-,14-,16-/m0/s1. The molecule has 1 aromatic carbocycles. The molecule has 1 atom stereocenters. The van der Waals surface area contributed by atoms with E-state index in [2.05, 4.69) is 10.6 Å². The Hall–Kier alpha value is -2.14. The highest BCUT2D eigenvalue weighted by Gasteiger charge is 2.29. The van der Waals surface area contributed by atoms with Crippen molar-refractivity contribution >= 4 is 19.0 Å². The molecule has 2 rings (SSSR count). The summed E-state index contributed by atoms with van der Waals surface area (Å²) in [6.07, 6.45) is 3.94. The number of hydrogen-bond donors (Lipinski definition) is 7. The Morgan fingerprint density at radius 3 is 2.48 bits per heavy atom. The average Bonchev–Trinajstić information content (AvgIpc) is 2.68. The first kappa shape index (κ1) is 23.1. The van der Waals surface area contributed by atoms with Crippen LogP contribution < -0.4 is 16.4 Å². The van der Waals surface area contributed by atoms with E-state index in [-0.39, 0.29) is 35.8 Å². The van der Waals surface area contributed by atoms with E-state index in [1.54, 1.807) is 0 Å². The molecule has 0 aliphatic heterocycles. The third-order valence-corrected chi connectivity index (χ3v) is 5.39. The molecular formula is C19H30BN3O6. The van der Waals surface area contributed by atoms with Crippen LogP contribution in [-0.4, -0.2) is 64.3 Å². The molecule has 1 aliphatic carbocycles. The Morgan fingerprint density at radius 2 is 1.90 bits per heavy atom. The van der Waals surface area contributed by atoms with Crippen LogP contribution in [-0.2, 0) is 11.2 Å². The first-order valence-electron chi connectivity index (χ1n) is 9.94. The quantitative estimate of drug-likeness (QED) is 0.258. The Bertz CT molecular complexity index is 695. The van der Waals surface area contributed by atoms with Gasteiger partial charge in [-0.3, -0.25) is 4.79 Å². The van der Waals surface area contributed by atoms with E-state index in [1.165, 1.54) is 18.2 Å². The molecule has 1 aliphatic rings. The smallest absolute Gasteiger partial charge is 0.475 e. The molecule has 0 saturated heterocycles. The van der Waals surface area contributed by atoms with E-state index in [1.807, 2.05) is 0 Å². The van der Waals surface area contributed by atoms with E-state index in [0.29, 0.717) is 12.6 Å². The molecule has 0 unspecified atom stereocenters. The molecular weight excluding hydrogens is 377 g/mol. The molecule has 1 aromatic rings. The minimum atomic E-state index is -1.84. The molecule has 1 saturated carbocycles. The maximum atomic E-state index is 12.4. The molecule has 0 bridgehead atoms. The number of carbonyl (C=O) groups excluding carboxylic acids is 1. The van der Waals surface area contributed by atoms with E-state index in [4.69, 9.17) is 10.8 Å². The van der Waals surface area contributed by atoms with Gasteiger partial charge in [-0.15, -0.1) is 0 Å². The maximum Gasteiger partial charge on any atom is 0.475 e. The molecule has 29 heavy (non-hydrogen) atoms. The molecule has 9 nitrogen and oxygen atoms in total. The van der Waals surface area contributed by atoms with Crippen molar-refractivity contribution in [2.45, 2.75) is 50.5 Å². The summed E-state index contributed by atoms with van der Waals surface area (Å²) in [4.78, 5) is 23.5. The van der Waals surface area contributed by atoms with Gasteiger partial charge in [-0.05, 0) is 49.7 Å². The van der Waals surface area contributed by atoms with Crippen molar-refractivity contribution in [2.24, 2.45) is 11.7 Å². The van der Waals surface area contributed by atoms with E-state index < -0.39 is 24.8 Å². The first-order valence-corrected chi connectivity index (χ1v) is 9.94. The van der Waals surface area contributed by atoms with Crippen molar-refractivity contribution < 1.29 is 29.9 Å². The maximum absolute atomic E-state index is 12.4. The third kappa shape index (κ3) is 7.00. The summed E-state index contributed by atoms with van der Waals surface area (Å²) in [5, 5.41) is 44.5. The number of phenols is 1. The van der Waals surface area contributed by atoms with E-state index >= 15 is 0 Å². The molecule has 160 valence electrons. The lowest BCUT2D eigenvalue weighted by Gasteiger charge is -2.29. The van der Waals surface area contributed by atoms with Crippen LogP contribution in [0.15, 0.2) is 18.2 Å². The Labute approximate surface area is 170 Å². The van der Waals surface area contributed by atoms with Crippen LogP contribution in [0.5, 0.6) is 5.75 Å². The Balaban J connectivity index is 1.90. The van der Waals surface area contributed by atoms with Gasteiger partial charge in [0.1, 0.15) is 11.3 Å². The van der Waals surface area contributed by atoms with Crippen LogP contribution in [0, 0.1) is 5.92 Å². The van der Waals surface area contributed by atoms with Gasteiger partial charge in [0, 0.05) is 25.6 Å². The second kappa shape index (κ2) is 11.2. The first-order chi connectivity index (χ1) is 13.8. The molecule has 1 fully saturated rings. The largest absolute Gasteiger partial charge is 0.507 e. The molecule has 0 heterocycles. The number of carbonyl (C=O) groups is 2. The summed E-state index contributed by atoms with van der Waals surface area (Å²) in [6.45, 7) is 1.37. The number of aromatic carboxylic acids is 1. The van der Waals surface area contributed by atoms with Crippen LogP contribution in [0.4, 0.5) is 0 Å². The van der Waals surface area contributed by atoms with Crippen LogP contribution in [0.3, 0.4) is 0 Å². The van der Waals surface area contributed by atoms with Gasteiger partial charge in [0.05, 0.1) is 5.94 Å². The highest BCUT2D eigenvalue weighted by molar-refractivity contribution is 6.43. The van der Waals surface area contributed by atoms with Gasteiger partial charge in [0.2, 0.25) is 5.91 Å². The summed E-state index contributed by atoms with van der Waals surface area (Å²) < 4.78 is 0. The van der Waals surface area contributed by atoms with Gasteiger partial charge in [0.25, 0.3) is 0 Å². The van der Waals surface area contributed by atoms with Gasteiger partial charge in [-0.1, -0.05) is 12.1 Å². The normalized spacial score (nSPS) is 20.1. The van der Waals surface area contributed by atoms with Gasteiger partial charge >= 0.3 is 13.1 Å². The zero-order chi connectivity index (χ0) is 21.4. The lowest BCUT2D eigenvalue weighted by molar-refractivity contribution is -0.122. The number of nitrogens with one attached hydrogen (secondary N) is 2. The van der Waals surface area contributed by atoms with Crippen molar-refractivity contribution in [3.8, 4) is 5.75 Å². The lowest BCUT2D eigenvalue weighted by atomic mass is 9.75. The number of aromatic hydroxyl groups is 1. The fraction of sp³-hybridized carbons (Fsp3) is 0.579. The van der Waals surface area contributed by atoms with Crippen LogP contribution in [0.2, 0.25) is 0 Å². The second-order valence-electron chi connectivity index (χ2n) is 7.57. The summed E-state index contributed by atoms with van der Waals surface area (Å²) in [7, 11) is -1.84. The number of benzene rings is 1. The number of hydrogen-bond acceptors (Lipinski definition) is 7. The van der Waals surface area contributed by atoms with Crippen molar-refractivity contribution in [3.63, 3.8) is 0 Å². The number of para-hydroxylation sites is 1. The van der Waals surface area contributed by atoms with Crippen molar-refractivity contribution in [1.29, 1.82) is 0 Å². The predicted molar refractivity (Wildman–Crippen MR) is 108 cm³/mol. The second-order valence-corrected chi connectivity index (χ2v) is 7.57. The molecule has 0 aromatic heterocycles. The van der Waals surface area contributed by atoms with Gasteiger partial charge < -0.3 is 36.6 Å². The number of rotatable bonds is 10. The minimum absolute atomic E-state index is 0.105. The van der Waals surface area contributed by atoms with Crippen molar-refractivity contribution in [3.05, 3.63) is 29.3 Å². The minimum Gasteiger partial charge on any atom is -0.507 e. The molecule has 8 N–H and O–H groups in total. The SMILES string of the molecule is NCCN[C@H]1CC[C@H](CC(=O)N[C@@H](Cc2cccc(C(=O)O)c2O)B(O)O)CC1. The number of nitrogens with two attached hydrogens (primary N) is 1. The van der Waals surface area contributed by atoms with Crippen LogP contribution in [0.25, 0.3) is 0 Å². The fourth-order valence-electron chi connectivity index (χ4n) is 3.78. The summed E-state index contributed by atoms with van der Waals surface area (Å²) >= 11 is 0. The highest BCUT2D eigenvalue weighted by atomic mass is 16.4. The molecule has 1 amide bonds. The zero-order valence-electron chi connectivity index (χ0n) is 16.4. The number of carboxylic acids is 1. The summed E-state index contributed by atoms with van der Waals surface area (Å²) in [5.41, 5.74) is 5.44. The monoisotopic (exact) mass is 407 g/mol. The van der Waals surface area contributed by atoms with Gasteiger partial charge in [-0.25, -0.2) is 4.79 Å². The zero-order valence-corrected chi connectivity index (χ0v) is 16.4. The Morgan fingerprint density at radius 1 is 1.21 bits per heavy atom. The van der Waals surface area contributed by atoms with Gasteiger partial charge in [-0.2, -0.15) is 0 Å². The van der Waals surface area contributed by atoms with Gasteiger partial charge in [0.15, 0.2) is 0 Å². The van der Waals surface area contributed by atoms with E-state index in [0.717, 1.165) is 32.2 Å². The average molecular weight is 407 g/mol.